The van der Waals surface area contributed by atoms with Gasteiger partial charge in [0.25, 0.3) is 11.5 Å². The maximum Gasteiger partial charge on any atom is 0.299 e. The second-order valence-electron chi connectivity index (χ2n) is 9.24. The van der Waals surface area contributed by atoms with E-state index in [1.165, 1.54) is 31.9 Å². The first kappa shape index (κ1) is 27.5. The van der Waals surface area contributed by atoms with E-state index < -0.39 is 5.91 Å². The van der Waals surface area contributed by atoms with Crippen molar-refractivity contribution in [3.05, 3.63) is 133 Å². The van der Waals surface area contributed by atoms with E-state index in [9.17, 15) is 14.4 Å². The minimum atomic E-state index is -0.427. The number of anilines is 1. The Kier molecular flexibility index (Phi) is 7.91. The van der Waals surface area contributed by atoms with E-state index in [1.54, 1.807) is 53.4 Å². The summed E-state index contributed by atoms with van der Waals surface area (Å²) in [5.74, 6) is -0.243. The Hall–Kier alpha value is -4.64. The normalized spacial score (nSPS) is 11.0. The summed E-state index contributed by atoms with van der Waals surface area (Å²) in [6, 6.07) is 27.0. The highest BCUT2D eigenvalue weighted by atomic mass is 35.5. The van der Waals surface area contributed by atoms with Gasteiger partial charge < -0.3 is 5.32 Å². The molecule has 1 N–H and O–H groups in total. The molecule has 0 saturated heterocycles. The van der Waals surface area contributed by atoms with Gasteiger partial charge in [0.05, 0.1) is 28.6 Å². The van der Waals surface area contributed by atoms with Crippen molar-refractivity contribution in [2.24, 2.45) is 0 Å². The third-order valence-electron chi connectivity index (χ3n) is 6.54. The molecule has 0 aliphatic rings. The number of rotatable bonds is 9. The van der Waals surface area contributed by atoms with Crippen molar-refractivity contribution in [1.29, 1.82) is 0 Å². The van der Waals surface area contributed by atoms with Crippen molar-refractivity contribution in [2.75, 3.05) is 5.32 Å². The Balaban J connectivity index is 1.46. The lowest BCUT2D eigenvalue weighted by atomic mass is 10.1. The highest BCUT2D eigenvalue weighted by Gasteiger charge is 2.22. The lowest BCUT2D eigenvalue weighted by Gasteiger charge is -2.13. The first-order chi connectivity index (χ1) is 20.5. The van der Waals surface area contributed by atoms with Crippen molar-refractivity contribution in [2.45, 2.75) is 13.1 Å². The molecule has 0 bridgehead atoms. The molecule has 4 aromatic heterocycles. The molecular formula is C31H22ClN5O3S2. The number of thiophene rings is 1. The number of pyridine rings is 1. The molecule has 6 aromatic rings. The van der Waals surface area contributed by atoms with Crippen LogP contribution in [0.25, 0.3) is 22.5 Å². The summed E-state index contributed by atoms with van der Waals surface area (Å²) >= 11 is 8.83. The molecule has 0 spiro atoms. The number of aromatic nitrogens is 4. The number of halogens is 1. The van der Waals surface area contributed by atoms with Gasteiger partial charge in [-0.05, 0) is 29.8 Å². The summed E-state index contributed by atoms with van der Waals surface area (Å²) in [7, 11) is 0. The van der Waals surface area contributed by atoms with Crippen LogP contribution in [-0.4, -0.2) is 31.0 Å². The first-order valence-corrected chi connectivity index (χ1v) is 15.0. The molecule has 0 saturated carbocycles. The molecule has 0 unspecified atom stereocenters. The Morgan fingerprint density at radius 1 is 0.929 bits per heavy atom. The van der Waals surface area contributed by atoms with Gasteiger partial charge >= 0.3 is 0 Å². The van der Waals surface area contributed by atoms with Crippen LogP contribution in [0.3, 0.4) is 0 Å². The third-order valence-corrected chi connectivity index (χ3v) is 8.36. The predicted molar refractivity (Wildman–Crippen MR) is 167 cm³/mol. The number of carbonyl (C=O) groups excluding carboxylic acids is 2. The number of benzene rings is 2. The molecule has 208 valence electrons. The molecule has 42 heavy (non-hydrogen) atoms. The van der Waals surface area contributed by atoms with Crippen molar-refractivity contribution in [1.82, 2.24) is 19.3 Å². The van der Waals surface area contributed by atoms with E-state index in [0.717, 1.165) is 10.4 Å². The van der Waals surface area contributed by atoms with Crippen LogP contribution in [0.5, 0.6) is 0 Å². The number of nitrogens with zero attached hydrogens (tertiary/aromatic N) is 4. The summed E-state index contributed by atoms with van der Waals surface area (Å²) in [6.07, 6.45) is 0. The monoisotopic (exact) mass is 611 g/mol. The molecule has 0 amide bonds. The van der Waals surface area contributed by atoms with Gasteiger partial charge in [-0.3, -0.25) is 19.0 Å². The number of hydrogen-bond acceptors (Lipinski definition) is 8. The molecule has 6 rings (SSSR count). The van der Waals surface area contributed by atoms with E-state index in [1.807, 2.05) is 48.5 Å². The fourth-order valence-corrected chi connectivity index (χ4v) is 6.05. The lowest BCUT2D eigenvalue weighted by molar-refractivity contribution is 0.0941. The van der Waals surface area contributed by atoms with E-state index in [4.69, 9.17) is 11.6 Å². The fraction of sp³-hybridized carbons (Fsp3) is 0.0645. The maximum absolute atomic E-state index is 13.9. The highest BCUT2D eigenvalue weighted by molar-refractivity contribution is 7.16. The minimum Gasteiger partial charge on any atom is -0.365 e. The standard InChI is InChI=1S/C31H22ClN5O3S2/c32-28-14-11-22(42-28)16-33-29-15-24(35-37(29)31(40)25-18-41-19-34-25)26-13-12-23(20-7-3-1-4-8-20)30(39)36(26)17-27(38)21-9-5-2-6-10-21/h1-15,18-19,33H,16-17H2. The van der Waals surface area contributed by atoms with E-state index in [2.05, 4.69) is 15.4 Å². The molecule has 11 heteroatoms. The summed E-state index contributed by atoms with van der Waals surface area (Å²) in [6.45, 7) is 0.196. The van der Waals surface area contributed by atoms with Gasteiger partial charge in [-0.1, -0.05) is 72.3 Å². The number of hydrogen-bond donors (Lipinski definition) is 1. The largest absolute Gasteiger partial charge is 0.365 e. The van der Waals surface area contributed by atoms with Crippen LogP contribution in [0.15, 0.2) is 107 Å². The van der Waals surface area contributed by atoms with Gasteiger partial charge in [-0.2, -0.15) is 9.78 Å². The molecule has 8 nitrogen and oxygen atoms in total. The average Bonchev–Trinajstić information content (AvgIpc) is 3.79. The minimum absolute atomic E-state index is 0.206. The lowest BCUT2D eigenvalue weighted by Crippen LogP contribution is -2.27. The van der Waals surface area contributed by atoms with E-state index >= 15 is 0 Å². The van der Waals surface area contributed by atoms with Crippen molar-refractivity contribution in [3.63, 3.8) is 0 Å². The fourth-order valence-electron chi connectivity index (χ4n) is 4.49. The topological polar surface area (TPSA) is 98.9 Å². The van der Waals surface area contributed by atoms with Gasteiger partial charge in [-0.25, -0.2) is 4.98 Å². The Bertz CT molecular complexity index is 1930. The smallest absolute Gasteiger partial charge is 0.299 e. The maximum atomic E-state index is 13.9. The van der Waals surface area contributed by atoms with Gasteiger partial charge in [-0.15, -0.1) is 22.7 Å². The highest BCUT2D eigenvalue weighted by Crippen LogP contribution is 2.27. The van der Waals surface area contributed by atoms with Crippen LogP contribution in [0.4, 0.5) is 5.82 Å². The van der Waals surface area contributed by atoms with Crippen molar-refractivity contribution >= 4 is 51.8 Å². The zero-order valence-corrected chi connectivity index (χ0v) is 24.3. The number of ketones is 1. The first-order valence-electron chi connectivity index (χ1n) is 12.9. The molecular weight excluding hydrogens is 590 g/mol. The predicted octanol–water partition coefficient (Wildman–Crippen LogP) is 6.73. The Labute approximate surface area is 253 Å². The Morgan fingerprint density at radius 3 is 2.38 bits per heavy atom. The Morgan fingerprint density at radius 2 is 1.69 bits per heavy atom. The summed E-state index contributed by atoms with van der Waals surface area (Å²) in [5.41, 5.74) is 3.90. The molecule has 0 aliphatic heterocycles. The second-order valence-corrected chi connectivity index (χ2v) is 11.8. The zero-order valence-electron chi connectivity index (χ0n) is 21.9. The van der Waals surface area contributed by atoms with Gasteiger partial charge in [0.1, 0.15) is 17.2 Å². The van der Waals surface area contributed by atoms with Crippen molar-refractivity contribution < 1.29 is 9.59 Å². The molecule has 4 heterocycles. The molecule has 2 aromatic carbocycles. The van der Waals surface area contributed by atoms with E-state index in [0.29, 0.717) is 39.2 Å². The van der Waals surface area contributed by atoms with Gasteiger partial charge in [0, 0.05) is 27.5 Å². The van der Waals surface area contributed by atoms with Crippen molar-refractivity contribution in [3.8, 4) is 22.5 Å². The van der Waals surface area contributed by atoms with Crippen LogP contribution < -0.4 is 10.9 Å². The van der Waals surface area contributed by atoms with Crippen LogP contribution in [-0.2, 0) is 13.1 Å². The zero-order chi connectivity index (χ0) is 29.1. The van der Waals surface area contributed by atoms with Crippen LogP contribution in [0.2, 0.25) is 4.34 Å². The number of thiazole rings is 1. The molecule has 0 fully saturated rings. The summed E-state index contributed by atoms with van der Waals surface area (Å²) < 4.78 is 3.31. The number of Topliss-reactive ketones (excluding diaryl/α,β-unsaturated/α-hetero) is 1. The van der Waals surface area contributed by atoms with Gasteiger partial charge in [0.2, 0.25) is 0 Å². The van der Waals surface area contributed by atoms with Crippen LogP contribution >= 0.6 is 34.3 Å². The SMILES string of the molecule is O=C(Cn1c(-c2cc(NCc3ccc(Cl)s3)n(C(=O)c3cscn3)n2)ccc(-c2ccccc2)c1=O)c1ccccc1. The molecule has 0 aliphatic carbocycles. The van der Waals surface area contributed by atoms with Crippen LogP contribution in [0, 0.1) is 0 Å². The summed E-state index contributed by atoms with van der Waals surface area (Å²) in [5, 5.41) is 9.53. The van der Waals surface area contributed by atoms with Gasteiger partial charge in [0.15, 0.2) is 5.78 Å². The molecule has 0 atom stereocenters. The number of carbonyl (C=O) groups is 2. The van der Waals surface area contributed by atoms with E-state index in [-0.39, 0.29) is 23.6 Å². The van der Waals surface area contributed by atoms with Crippen LogP contribution in [0.1, 0.15) is 25.7 Å². The average molecular weight is 612 g/mol. The third kappa shape index (κ3) is 5.73. The second kappa shape index (κ2) is 12.1. The summed E-state index contributed by atoms with van der Waals surface area (Å²) in [4.78, 5) is 45.8. The quantitative estimate of drug-likeness (QED) is 0.182. The number of nitrogens with one attached hydrogen (secondary N) is 1. The molecule has 0 radical (unpaired) electrons.